The Kier molecular flexibility index (Phi) is 5.56. The minimum atomic E-state index is -0.193. The van der Waals surface area contributed by atoms with Crippen LogP contribution in [0.25, 0.3) is 16.7 Å². The van der Waals surface area contributed by atoms with Gasteiger partial charge in [-0.2, -0.15) is 5.10 Å². The number of anilines is 1. The Morgan fingerprint density at radius 1 is 1.00 bits per heavy atom. The van der Waals surface area contributed by atoms with Gasteiger partial charge in [0.2, 0.25) is 5.91 Å². The van der Waals surface area contributed by atoms with Gasteiger partial charge in [-0.1, -0.05) is 47.7 Å². The first-order valence-corrected chi connectivity index (χ1v) is 12.8. The molecule has 0 aliphatic carbocycles. The van der Waals surface area contributed by atoms with Crippen molar-refractivity contribution in [2.45, 2.75) is 24.5 Å². The van der Waals surface area contributed by atoms with Crippen molar-refractivity contribution < 1.29 is 4.79 Å². The molecule has 1 atom stereocenters. The number of carbonyl (C=O) groups excluding carboxylic acids is 1. The second kappa shape index (κ2) is 8.88. The summed E-state index contributed by atoms with van der Waals surface area (Å²) in [6.07, 6.45) is 1.90. The average Bonchev–Trinajstić information content (AvgIpc) is 3.50. The summed E-state index contributed by atoms with van der Waals surface area (Å²) in [5.41, 5.74) is 3.64. The van der Waals surface area contributed by atoms with Gasteiger partial charge in [-0.15, -0.1) is 0 Å². The lowest BCUT2D eigenvalue weighted by atomic mass is 10.1. The number of aromatic nitrogens is 4. The lowest BCUT2D eigenvalue weighted by molar-refractivity contribution is -0.132. The molecule has 1 fully saturated rings. The van der Waals surface area contributed by atoms with E-state index in [0.717, 1.165) is 24.3 Å². The Hall–Kier alpha value is -3.59. The molecule has 1 unspecified atom stereocenters. The standard InChI is InChI=1S/C26H26N6O2S/c1-18-7-9-20(10-8-18)32-24-22(16-27-32)25(34)31-21(17-35-26(31)28-24)15-23(33)30-13-11-29(12-14-30)19-5-3-2-4-6-19/h2-10,16,21H,11-15,17H2,1H3. The third-order valence-electron chi connectivity index (χ3n) is 6.81. The SMILES string of the molecule is Cc1ccc(-n2ncc3c(=O)n4c(nc32)SCC4CC(=O)N2CCN(c3ccccc3)CC2)cc1. The molecule has 2 aliphatic rings. The van der Waals surface area contributed by atoms with Crippen molar-refractivity contribution in [3.05, 3.63) is 76.7 Å². The molecule has 4 aromatic rings. The van der Waals surface area contributed by atoms with E-state index in [1.807, 2.05) is 54.3 Å². The first-order valence-electron chi connectivity index (χ1n) is 11.9. The van der Waals surface area contributed by atoms with E-state index >= 15 is 0 Å². The van der Waals surface area contributed by atoms with Gasteiger partial charge in [0.25, 0.3) is 5.56 Å². The minimum absolute atomic E-state index is 0.0958. The number of hydrogen-bond donors (Lipinski definition) is 0. The number of aryl methyl sites for hydroxylation is 1. The number of piperazine rings is 1. The molecule has 35 heavy (non-hydrogen) atoms. The predicted octanol–water partition coefficient (Wildman–Crippen LogP) is 3.28. The Morgan fingerprint density at radius 2 is 1.74 bits per heavy atom. The Bertz CT molecular complexity index is 1440. The second-order valence-corrected chi connectivity index (χ2v) is 10.1. The van der Waals surface area contributed by atoms with Gasteiger partial charge in [0, 0.05) is 44.0 Å². The number of para-hydroxylation sites is 1. The van der Waals surface area contributed by atoms with Crippen LogP contribution in [-0.4, -0.2) is 62.1 Å². The molecule has 9 heteroatoms. The van der Waals surface area contributed by atoms with Crippen LogP contribution in [0.15, 0.2) is 70.7 Å². The number of carbonyl (C=O) groups is 1. The van der Waals surface area contributed by atoms with E-state index < -0.39 is 0 Å². The highest BCUT2D eigenvalue weighted by Crippen LogP contribution is 2.34. The molecule has 6 rings (SSSR count). The van der Waals surface area contributed by atoms with Crippen LogP contribution in [0.2, 0.25) is 0 Å². The van der Waals surface area contributed by atoms with Crippen molar-refractivity contribution in [3.8, 4) is 5.69 Å². The van der Waals surface area contributed by atoms with Crippen LogP contribution in [-0.2, 0) is 4.79 Å². The number of thioether (sulfide) groups is 1. The zero-order valence-corrected chi connectivity index (χ0v) is 20.3. The maximum absolute atomic E-state index is 13.4. The summed E-state index contributed by atoms with van der Waals surface area (Å²) >= 11 is 1.53. The summed E-state index contributed by atoms with van der Waals surface area (Å²) in [5, 5.41) is 5.57. The summed E-state index contributed by atoms with van der Waals surface area (Å²) in [6.45, 7) is 5.04. The number of rotatable bonds is 4. The highest BCUT2D eigenvalue weighted by Gasteiger charge is 2.31. The van der Waals surface area contributed by atoms with Crippen LogP contribution in [0.3, 0.4) is 0 Å². The molecule has 1 saturated heterocycles. The maximum atomic E-state index is 13.4. The largest absolute Gasteiger partial charge is 0.368 e. The molecule has 0 bridgehead atoms. The van der Waals surface area contributed by atoms with Gasteiger partial charge in [-0.25, -0.2) is 9.67 Å². The number of benzene rings is 2. The quantitative estimate of drug-likeness (QED) is 0.412. The molecule has 0 saturated carbocycles. The van der Waals surface area contributed by atoms with Gasteiger partial charge >= 0.3 is 0 Å². The van der Waals surface area contributed by atoms with E-state index in [1.165, 1.54) is 17.4 Å². The number of amides is 1. The Morgan fingerprint density at radius 3 is 2.49 bits per heavy atom. The fourth-order valence-corrected chi connectivity index (χ4v) is 5.97. The van der Waals surface area contributed by atoms with Gasteiger partial charge < -0.3 is 9.80 Å². The number of fused-ring (bicyclic) bond motifs is 2. The molecule has 2 aromatic heterocycles. The van der Waals surface area contributed by atoms with Crippen molar-refractivity contribution in [3.63, 3.8) is 0 Å². The predicted molar refractivity (Wildman–Crippen MR) is 137 cm³/mol. The van der Waals surface area contributed by atoms with Gasteiger partial charge in [0.1, 0.15) is 5.39 Å². The van der Waals surface area contributed by atoms with Gasteiger partial charge in [-0.3, -0.25) is 14.2 Å². The summed E-state index contributed by atoms with van der Waals surface area (Å²) in [6, 6.07) is 18.1. The van der Waals surface area contributed by atoms with Gasteiger partial charge in [0.15, 0.2) is 10.8 Å². The van der Waals surface area contributed by atoms with Crippen molar-refractivity contribution in [2.24, 2.45) is 0 Å². The monoisotopic (exact) mass is 486 g/mol. The first-order chi connectivity index (χ1) is 17.1. The smallest absolute Gasteiger partial charge is 0.265 e. The molecule has 0 N–H and O–H groups in total. The van der Waals surface area contributed by atoms with E-state index in [2.05, 4.69) is 22.1 Å². The average molecular weight is 487 g/mol. The Balaban J connectivity index is 1.20. The zero-order valence-electron chi connectivity index (χ0n) is 19.5. The van der Waals surface area contributed by atoms with Crippen molar-refractivity contribution in [1.29, 1.82) is 0 Å². The Labute approximate surface area is 207 Å². The molecule has 2 aromatic carbocycles. The summed E-state index contributed by atoms with van der Waals surface area (Å²) in [5.74, 6) is 0.765. The van der Waals surface area contributed by atoms with Crippen molar-refractivity contribution in [2.75, 3.05) is 36.8 Å². The molecular formula is C26H26N6O2S. The normalized spacial score (nSPS) is 17.7. The van der Waals surface area contributed by atoms with Crippen LogP contribution in [0.5, 0.6) is 0 Å². The lowest BCUT2D eigenvalue weighted by Crippen LogP contribution is -2.49. The fraction of sp³-hybridized carbons (Fsp3) is 0.308. The van der Waals surface area contributed by atoms with Crippen molar-refractivity contribution in [1.82, 2.24) is 24.2 Å². The van der Waals surface area contributed by atoms with Crippen LogP contribution in [0, 0.1) is 6.92 Å². The molecule has 178 valence electrons. The lowest BCUT2D eigenvalue weighted by Gasteiger charge is -2.36. The van der Waals surface area contributed by atoms with Crippen LogP contribution < -0.4 is 10.5 Å². The molecule has 0 radical (unpaired) electrons. The van der Waals surface area contributed by atoms with E-state index in [1.54, 1.807) is 15.4 Å². The van der Waals surface area contributed by atoms with Crippen LogP contribution in [0.4, 0.5) is 5.69 Å². The highest BCUT2D eigenvalue weighted by atomic mass is 32.2. The number of hydrogen-bond acceptors (Lipinski definition) is 6. The molecule has 0 spiro atoms. The summed E-state index contributed by atoms with van der Waals surface area (Å²) < 4.78 is 3.41. The molecule has 2 aliphatic heterocycles. The molecule has 8 nitrogen and oxygen atoms in total. The van der Waals surface area contributed by atoms with Crippen LogP contribution in [0.1, 0.15) is 18.0 Å². The van der Waals surface area contributed by atoms with E-state index in [4.69, 9.17) is 4.98 Å². The second-order valence-electron chi connectivity index (χ2n) is 9.07. The molecule has 4 heterocycles. The van der Waals surface area contributed by atoms with Gasteiger partial charge in [-0.05, 0) is 31.2 Å². The summed E-state index contributed by atoms with van der Waals surface area (Å²) in [4.78, 5) is 35.6. The van der Waals surface area contributed by atoms with E-state index in [9.17, 15) is 9.59 Å². The van der Waals surface area contributed by atoms with E-state index in [0.29, 0.717) is 41.5 Å². The highest BCUT2D eigenvalue weighted by molar-refractivity contribution is 7.99. The molecular weight excluding hydrogens is 460 g/mol. The topological polar surface area (TPSA) is 76.3 Å². The third-order valence-corrected chi connectivity index (χ3v) is 7.91. The third kappa shape index (κ3) is 3.99. The number of nitrogens with zero attached hydrogens (tertiary/aromatic N) is 6. The van der Waals surface area contributed by atoms with Crippen molar-refractivity contribution >= 4 is 34.4 Å². The maximum Gasteiger partial charge on any atom is 0.265 e. The fourth-order valence-electron chi connectivity index (χ4n) is 4.84. The van der Waals surface area contributed by atoms with Crippen LogP contribution >= 0.6 is 11.8 Å². The minimum Gasteiger partial charge on any atom is -0.368 e. The molecule has 1 amide bonds. The van der Waals surface area contributed by atoms with E-state index in [-0.39, 0.29) is 17.5 Å². The van der Waals surface area contributed by atoms with Gasteiger partial charge in [0.05, 0.1) is 17.9 Å². The summed E-state index contributed by atoms with van der Waals surface area (Å²) in [7, 11) is 0. The zero-order chi connectivity index (χ0) is 23.9. The first kappa shape index (κ1) is 21.9.